The highest BCUT2D eigenvalue weighted by Crippen LogP contribution is 2.37. The van der Waals surface area contributed by atoms with Gasteiger partial charge in [0.05, 0.1) is 11.4 Å². The van der Waals surface area contributed by atoms with Crippen LogP contribution in [0.2, 0.25) is 0 Å². The molecule has 1 atom stereocenters. The van der Waals surface area contributed by atoms with Gasteiger partial charge < -0.3 is 5.32 Å². The molecule has 0 bridgehead atoms. The summed E-state index contributed by atoms with van der Waals surface area (Å²) in [5, 5.41) is 2.70. The maximum absolute atomic E-state index is 13.5. The van der Waals surface area contributed by atoms with Crippen molar-refractivity contribution < 1.29 is 18.0 Å². The Bertz CT molecular complexity index is 946. The molecular formula is C18H12F3N3O. The number of hydrogen-bond donors (Lipinski definition) is 1. The quantitative estimate of drug-likeness (QED) is 0.770. The smallest absolute Gasteiger partial charge is 0.226 e. The molecule has 4 nitrogen and oxygen atoms in total. The van der Waals surface area contributed by atoms with Crippen LogP contribution in [0.5, 0.6) is 0 Å². The SMILES string of the molecule is O=C1C[C@@H](c2ccc(F)cc2)c2ncn(-c3cc(F)cc(F)c3)c2N1. The van der Waals surface area contributed by atoms with Crippen molar-refractivity contribution in [1.82, 2.24) is 9.55 Å². The summed E-state index contributed by atoms with van der Waals surface area (Å²) in [6, 6.07) is 8.91. The van der Waals surface area contributed by atoms with Gasteiger partial charge in [0.15, 0.2) is 0 Å². The number of rotatable bonds is 2. The predicted octanol–water partition coefficient (Wildman–Crippen LogP) is 3.76. The fourth-order valence-electron chi connectivity index (χ4n) is 3.05. The second kappa shape index (κ2) is 5.77. The molecule has 1 aliphatic rings. The van der Waals surface area contributed by atoms with Gasteiger partial charge in [0.25, 0.3) is 0 Å². The number of carbonyl (C=O) groups is 1. The molecule has 0 saturated carbocycles. The Labute approximate surface area is 140 Å². The largest absolute Gasteiger partial charge is 0.310 e. The molecule has 0 saturated heterocycles. The Morgan fingerprint density at radius 1 is 1.00 bits per heavy atom. The van der Waals surface area contributed by atoms with Crippen LogP contribution >= 0.6 is 0 Å². The van der Waals surface area contributed by atoms with E-state index in [0.717, 1.165) is 23.8 Å². The third kappa shape index (κ3) is 2.77. The highest BCUT2D eigenvalue weighted by molar-refractivity contribution is 5.94. The molecule has 0 radical (unpaired) electrons. The molecule has 126 valence electrons. The second-order valence-electron chi connectivity index (χ2n) is 5.83. The topological polar surface area (TPSA) is 46.9 Å². The van der Waals surface area contributed by atoms with Gasteiger partial charge >= 0.3 is 0 Å². The van der Waals surface area contributed by atoms with E-state index in [-0.39, 0.29) is 29.8 Å². The molecule has 1 aliphatic heterocycles. The number of benzene rings is 2. The van der Waals surface area contributed by atoms with Gasteiger partial charge in [-0.1, -0.05) is 12.1 Å². The molecule has 2 heterocycles. The molecule has 0 unspecified atom stereocenters. The Morgan fingerprint density at radius 2 is 1.68 bits per heavy atom. The number of nitrogens with zero attached hydrogens (tertiary/aromatic N) is 2. The summed E-state index contributed by atoms with van der Waals surface area (Å²) in [4.78, 5) is 16.4. The van der Waals surface area contributed by atoms with Crippen molar-refractivity contribution in [2.75, 3.05) is 5.32 Å². The van der Waals surface area contributed by atoms with E-state index >= 15 is 0 Å². The highest BCUT2D eigenvalue weighted by atomic mass is 19.1. The Kier molecular flexibility index (Phi) is 3.56. The van der Waals surface area contributed by atoms with Crippen LogP contribution in [-0.2, 0) is 4.79 Å². The maximum atomic E-state index is 13.5. The summed E-state index contributed by atoms with van der Waals surface area (Å²) in [7, 11) is 0. The molecule has 0 spiro atoms. The Hall–Kier alpha value is -3.09. The van der Waals surface area contributed by atoms with Crippen LogP contribution in [0.4, 0.5) is 19.0 Å². The fourth-order valence-corrected chi connectivity index (χ4v) is 3.05. The summed E-state index contributed by atoms with van der Waals surface area (Å²) < 4.78 is 41.6. The van der Waals surface area contributed by atoms with Gasteiger partial charge in [0, 0.05) is 18.4 Å². The summed E-state index contributed by atoms with van der Waals surface area (Å²) in [5.74, 6) is -2.07. The summed E-state index contributed by atoms with van der Waals surface area (Å²) in [6.45, 7) is 0. The number of fused-ring (bicyclic) bond motifs is 1. The minimum Gasteiger partial charge on any atom is -0.310 e. The van der Waals surface area contributed by atoms with Gasteiger partial charge in [0.1, 0.15) is 29.6 Å². The van der Waals surface area contributed by atoms with E-state index in [9.17, 15) is 18.0 Å². The number of amides is 1. The van der Waals surface area contributed by atoms with Gasteiger partial charge in [-0.15, -0.1) is 0 Å². The number of aromatic nitrogens is 2. The average Bonchev–Trinajstić information content (AvgIpc) is 2.97. The molecule has 1 aromatic heterocycles. The van der Waals surface area contributed by atoms with E-state index in [1.165, 1.54) is 23.0 Å². The maximum Gasteiger partial charge on any atom is 0.226 e. The number of halogens is 3. The number of anilines is 1. The first-order valence-electron chi connectivity index (χ1n) is 7.60. The third-order valence-corrected chi connectivity index (χ3v) is 4.17. The van der Waals surface area contributed by atoms with Crippen molar-refractivity contribution in [3.63, 3.8) is 0 Å². The van der Waals surface area contributed by atoms with Crippen molar-refractivity contribution in [3.8, 4) is 5.69 Å². The second-order valence-corrected chi connectivity index (χ2v) is 5.83. The summed E-state index contributed by atoms with van der Waals surface area (Å²) >= 11 is 0. The fraction of sp³-hybridized carbons (Fsp3) is 0.111. The summed E-state index contributed by atoms with van der Waals surface area (Å²) in [6.07, 6.45) is 1.56. The highest BCUT2D eigenvalue weighted by Gasteiger charge is 2.31. The van der Waals surface area contributed by atoms with E-state index in [4.69, 9.17) is 0 Å². The van der Waals surface area contributed by atoms with E-state index in [1.807, 2.05) is 0 Å². The van der Waals surface area contributed by atoms with E-state index in [2.05, 4.69) is 10.3 Å². The molecule has 7 heteroatoms. The van der Waals surface area contributed by atoms with Gasteiger partial charge in [-0.25, -0.2) is 18.2 Å². The molecular weight excluding hydrogens is 331 g/mol. The van der Waals surface area contributed by atoms with Crippen LogP contribution < -0.4 is 5.32 Å². The van der Waals surface area contributed by atoms with E-state index in [1.54, 1.807) is 12.1 Å². The van der Waals surface area contributed by atoms with Crippen molar-refractivity contribution in [2.24, 2.45) is 0 Å². The zero-order valence-electron chi connectivity index (χ0n) is 12.8. The van der Waals surface area contributed by atoms with Crippen LogP contribution in [-0.4, -0.2) is 15.5 Å². The molecule has 1 amide bonds. The lowest BCUT2D eigenvalue weighted by atomic mass is 9.90. The molecule has 0 fully saturated rings. The van der Waals surface area contributed by atoms with Crippen molar-refractivity contribution in [2.45, 2.75) is 12.3 Å². The van der Waals surface area contributed by atoms with Crippen molar-refractivity contribution in [3.05, 3.63) is 77.5 Å². The van der Waals surface area contributed by atoms with E-state index in [0.29, 0.717) is 11.5 Å². The standard InChI is InChI=1S/C18H12F3N3O/c19-11-3-1-10(2-4-11)15-8-16(25)23-18-17(15)22-9-24(18)14-6-12(20)5-13(21)7-14/h1-7,9,15H,8H2,(H,23,25)/t15-/m0/s1. The van der Waals surface area contributed by atoms with Gasteiger partial charge in [-0.05, 0) is 29.8 Å². The van der Waals surface area contributed by atoms with Crippen molar-refractivity contribution in [1.29, 1.82) is 0 Å². The minimum atomic E-state index is -0.727. The predicted molar refractivity (Wildman–Crippen MR) is 85.0 cm³/mol. The monoisotopic (exact) mass is 343 g/mol. The van der Waals surface area contributed by atoms with Crippen LogP contribution in [0.1, 0.15) is 23.6 Å². The van der Waals surface area contributed by atoms with Crippen molar-refractivity contribution >= 4 is 11.7 Å². The van der Waals surface area contributed by atoms with Crippen LogP contribution in [0, 0.1) is 17.5 Å². The number of nitrogens with one attached hydrogen (secondary N) is 1. The molecule has 1 N–H and O–H groups in total. The van der Waals surface area contributed by atoms with Crippen LogP contribution in [0.15, 0.2) is 48.8 Å². The first kappa shape index (κ1) is 15.4. The number of hydrogen-bond acceptors (Lipinski definition) is 2. The Morgan fingerprint density at radius 3 is 2.36 bits per heavy atom. The van der Waals surface area contributed by atoms with E-state index < -0.39 is 11.6 Å². The lowest BCUT2D eigenvalue weighted by Gasteiger charge is -2.23. The lowest BCUT2D eigenvalue weighted by molar-refractivity contribution is -0.116. The molecule has 4 rings (SSSR count). The zero-order valence-corrected chi connectivity index (χ0v) is 12.8. The van der Waals surface area contributed by atoms with Crippen LogP contribution in [0.3, 0.4) is 0 Å². The molecule has 25 heavy (non-hydrogen) atoms. The van der Waals surface area contributed by atoms with Gasteiger partial charge in [-0.2, -0.15) is 0 Å². The lowest BCUT2D eigenvalue weighted by Crippen LogP contribution is -2.25. The molecule has 2 aromatic carbocycles. The first-order valence-corrected chi connectivity index (χ1v) is 7.60. The first-order chi connectivity index (χ1) is 12.0. The zero-order chi connectivity index (χ0) is 17.6. The van der Waals surface area contributed by atoms with Crippen LogP contribution in [0.25, 0.3) is 5.69 Å². The minimum absolute atomic E-state index is 0.160. The Balaban J connectivity index is 1.82. The summed E-state index contributed by atoms with van der Waals surface area (Å²) in [5.41, 5.74) is 1.52. The van der Waals surface area contributed by atoms with Gasteiger partial charge in [-0.3, -0.25) is 9.36 Å². The van der Waals surface area contributed by atoms with Gasteiger partial charge in [0.2, 0.25) is 5.91 Å². The number of carbonyl (C=O) groups excluding carboxylic acids is 1. The molecule has 0 aliphatic carbocycles. The average molecular weight is 343 g/mol. The third-order valence-electron chi connectivity index (χ3n) is 4.17. The normalized spacial score (nSPS) is 16.4. The molecule has 3 aromatic rings. The number of imidazole rings is 1.